The van der Waals surface area contributed by atoms with E-state index in [9.17, 15) is 0 Å². The molecule has 4 heteroatoms. The molecular weight excluding hydrogens is 260 g/mol. The van der Waals surface area contributed by atoms with Crippen molar-refractivity contribution in [3.63, 3.8) is 0 Å². The largest absolute Gasteiger partial charge is 0.300 e. The minimum Gasteiger partial charge on any atom is -0.300 e. The molecule has 3 rings (SSSR count). The van der Waals surface area contributed by atoms with Gasteiger partial charge in [-0.2, -0.15) is 0 Å². The van der Waals surface area contributed by atoms with E-state index in [1.807, 2.05) is 24.5 Å². The fourth-order valence-corrected chi connectivity index (χ4v) is 3.00. The summed E-state index contributed by atoms with van der Waals surface area (Å²) in [4.78, 5) is 15.7. The maximum atomic E-state index is 4.54. The number of hydrogen-bond donors (Lipinski definition) is 0. The van der Waals surface area contributed by atoms with Crippen LogP contribution in [0.15, 0.2) is 30.9 Å². The van der Waals surface area contributed by atoms with Crippen LogP contribution in [0.4, 0.5) is 0 Å². The van der Waals surface area contributed by atoms with Crippen molar-refractivity contribution in [2.75, 3.05) is 13.1 Å². The number of fused-ring (bicyclic) bond motifs is 1. The molecule has 4 nitrogen and oxygen atoms in total. The highest BCUT2D eigenvalue weighted by atomic mass is 15.1. The molecule has 1 aliphatic rings. The molecule has 1 aliphatic heterocycles. The molecule has 2 aromatic heterocycles. The maximum Gasteiger partial charge on any atom is 0.116 e. The van der Waals surface area contributed by atoms with Gasteiger partial charge in [0.25, 0.3) is 0 Å². The summed E-state index contributed by atoms with van der Waals surface area (Å²) in [6, 6.07) is 4.69. The van der Waals surface area contributed by atoms with Gasteiger partial charge >= 0.3 is 0 Å². The van der Waals surface area contributed by atoms with Gasteiger partial charge in [-0.1, -0.05) is 6.92 Å². The fourth-order valence-electron chi connectivity index (χ4n) is 3.00. The Morgan fingerprint density at radius 3 is 2.67 bits per heavy atom. The van der Waals surface area contributed by atoms with Crippen LogP contribution >= 0.6 is 0 Å². The predicted molar refractivity (Wildman–Crippen MR) is 84.0 cm³/mol. The molecule has 3 heterocycles. The van der Waals surface area contributed by atoms with Crippen LogP contribution in [0.3, 0.4) is 0 Å². The van der Waals surface area contributed by atoms with Crippen molar-refractivity contribution in [2.24, 2.45) is 0 Å². The van der Waals surface area contributed by atoms with Crippen molar-refractivity contribution >= 4 is 0 Å². The zero-order valence-electron chi connectivity index (χ0n) is 12.8. The van der Waals surface area contributed by atoms with Gasteiger partial charge in [0.05, 0.1) is 5.69 Å². The highest BCUT2D eigenvalue weighted by molar-refractivity contribution is 5.63. The van der Waals surface area contributed by atoms with Crippen LogP contribution in [-0.2, 0) is 12.8 Å². The van der Waals surface area contributed by atoms with Gasteiger partial charge in [0.2, 0.25) is 0 Å². The summed E-state index contributed by atoms with van der Waals surface area (Å²) < 4.78 is 0. The first-order valence-corrected chi connectivity index (χ1v) is 7.76. The summed E-state index contributed by atoms with van der Waals surface area (Å²) in [5.41, 5.74) is 4.74. The quantitative estimate of drug-likeness (QED) is 0.868. The average molecular weight is 282 g/mol. The van der Waals surface area contributed by atoms with E-state index in [0.29, 0.717) is 6.04 Å². The van der Waals surface area contributed by atoms with Crippen LogP contribution in [0.25, 0.3) is 11.3 Å². The summed E-state index contributed by atoms with van der Waals surface area (Å²) in [7, 11) is 0. The molecule has 2 aromatic rings. The molecule has 0 spiro atoms. The number of pyridine rings is 1. The van der Waals surface area contributed by atoms with Crippen molar-refractivity contribution in [1.82, 2.24) is 19.9 Å². The monoisotopic (exact) mass is 282 g/mol. The molecule has 110 valence electrons. The number of hydrogen-bond acceptors (Lipinski definition) is 4. The van der Waals surface area contributed by atoms with Crippen LogP contribution in [0.2, 0.25) is 0 Å². The van der Waals surface area contributed by atoms with Gasteiger partial charge in [0.15, 0.2) is 0 Å². The van der Waals surface area contributed by atoms with Gasteiger partial charge in [-0.3, -0.25) is 9.88 Å². The second kappa shape index (κ2) is 6.31. The Morgan fingerprint density at radius 2 is 1.90 bits per heavy atom. The topological polar surface area (TPSA) is 41.9 Å². The molecule has 0 aliphatic carbocycles. The van der Waals surface area contributed by atoms with Gasteiger partial charge in [-0.15, -0.1) is 0 Å². The van der Waals surface area contributed by atoms with Crippen LogP contribution < -0.4 is 0 Å². The first-order chi connectivity index (χ1) is 10.3. The third-order valence-electron chi connectivity index (χ3n) is 4.49. The summed E-state index contributed by atoms with van der Waals surface area (Å²) in [5, 5.41) is 0. The lowest BCUT2D eigenvalue weighted by molar-refractivity contribution is 0.213. The summed E-state index contributed by atoms with van der Waals surface area (Å²) in [5.74, 6) is 0. The summed E-state index contributed by atoms with van der Waals surface area (Å²) >= 11 is 0. The predicted octanol–water partition coefficient (Wildman–Crippen LogP) is 2.74. The Hall–Kier alpha value is -1.81. The standard InChI is InChI=1S/C17H22N4/c1-3-13(2)21-10-6-15-16(7-11-21)19-12-20-17(15)14-4-8-18-9-5-14/h4-5,8-9,12-13H,3,6-7,10-11H2,1-2H3. The Bertz CT molecular complexity index is 597. The maximum absolute atomic E-state index is 4.54. The molecule has 0 N–H and O–H groups in total. The molecule has 0 fully saturated rings. The molecule has 0 saturated heterocycles. The lowest BCUT2D eigenvalue weighted by atomic mass is 10.0. The normalized spacial score (nSPS) is 17.0. The number of nitrogens with zero attached hydrogens (tertiary/aromatic N) is 4. The average Bonchev–Trinajstić information content (AvgIpc) is 2.77. The third kappa shape index (κ3) is 2.95. The van der Waals surface area contributed by atoms with E-state index in [4.69, 9.17) is 0 Å². The number of aromatic nitrogens is 3. The van der Waals surface area contributed by atoms with E-state index in [1.54, 1.807) is 6.33 Å². The SMILES string of the molecule is CCC(C)N1CCc2ncnc(-c3ccncc3)c2CC1. The van der Waals surface area contributed by atoms with Gasteiger partial charge in [-0.05, 0) is 31.9 Å². The molecular formula is C17H22N4. The van der Waals surface area contributed by atoms with E-state index in [-0.39, 0.29) is 0 Å². The van der Waals surface area contributed by atoms with Gasteiger partial charge in [-0.25, -0.2) is 9.97 Å². The first-order valence-electron chi connectivity index (χ1n) is 7.76. The molecule has 0 bridgehead atoms. The van der Waals surface area contributed by atoms with E-state index >= 15 is 0 Å². The van der Waals surface area contributed by atoms with E-state index < -0.39 is 0 Å². The molecule has 0 saturated carbocycles. The van der Waals surface area contributed by atoms with E-state index in [2.05, 4.69) is 33.7 Å². The molecule has 21 heavy (non-hydrogen) atoms. The van der Waals surface area contributed by atoms with Gasteiger partial charge < -0.3 is 0 Å². The molecule has 1 unspecified atom stereocenters. The lowest BCUT2D eigenvalue weighted by Crippen LogP contribution is -2.34. The van der Waals surface area contributed by atoms with Crippen molar-refractivity contribution in [3.05, 3.63) is 42.1 Å². The zero-order valence-corrected chi connectivity index (χ0v) is 12.8. The van der Waals surface area contributed by atoms with Gasteiger partial charge in [0, 0.05) is 54.8 Å². The summed E-state index contributed by atoms with van der Waals surface area (Å²) in [6.07, 6.45) is 8.59. The Balaban J connectivity index is 1.92. The number of rotatable bonds is 3. The fraction of sp³-hybridized carbons (Fsp3) is 0.471. The van der Waals surface area contributed by atoms with Crippen LogP contribution in [0.1, 0.15) is 31.5 Å². The van der Waals surface area contributed by atoms with Crippen molar-refractivity contribution in [1.29, 1.82) is 0 Å². The highest BCUT2D eigenvalue weighted by Gasteiger charge is 2.21. The third-order valence-corrected chi connectivity index (χ3v) is 4.49. The first kappa shape index (κ1) is 14.1. The van der Waals surface area contributed by atoms with Crippen LogP contribution in [-0.4, -0.2) is 39.0 Å². The van der Waals surface area contributed by atoms with Gasteiger partial charge in [0.1, 0.15) is 6.33 Å². The molecule has 0 radical (unpaired) electrons. The van der Waals surface area contributed by atoms with E-state index in [1.165, 1.54) is 17.7 Å². The minimum atomic E-state index is 0.636. The van der Waals surface area contributed by atoms with Crippen molar-refractivity contribution in [2.45, 2.75) is 39.2 Å². The lowest BCUT2D eigenvalue weighted by Gasteiger charge is -2.26. The highest BCUT2D eigenvalue weighted by Crippen LogP contribution is 2.25. The second-order valence-corrected chi connectivity index (χ2v) is 5.68. The van der Waals surface area contributed by atoms with Crippen molar-refractivity contribution in [3.8, 4) is 11.3 Å². The van der Waals surface area contributed by atoms with E-state index in [0.717, 1.165) is 37.2 Å². The molecule has 0 aromatic carbocycles. The molecule has 0 amide bonds. The zero-order chi connectivity index (χ0) is 14.7. The minimum absolute atomic E-state index is 0.636. The van der Waals surface area contributed by atoms with Crippen molar-refractivity contribution < 1.29 is 0 Å². The Labute approximate surface area is 126 Å². The molecule has 1 atom stereocenters. The Morgan fingerprint density at radius 1 is 1.14 bits per heavy atom. The van der Waals surface area contributed by atoms with Crippen LogP contribution in [0, 0.1) is 0 Å². The second-order valence-electron chi connectivity index (χ2n) is 5.68. The summed E-state index contributed by atoms with van der Waals surface area (Å²) in [6.45, 7) is 6.75. The van der Waals surface area contributed by atoms with Crippen LogP contribution in [0.5, 0.6) is 0 Å². The smallest absolute Gasteiger partial charge is 0.116 e. The Kier molecular flexibility index (Phi) is 4.25.